The second-order valence-corrected chi connectivity index (χ2v) is 4.51. The molecule has 1 N–H and O–H groups in total. The molecule has 1 aromatic rings. The van der Waals surface area contributed by atoms with Crippen LogP contribution in [-0.2, 0) is 17.6 Å². The van der Waals surface area contributed by atoms with Gasteiger partial charge in [-0.25, -0.2) is 0 Å². The number of carbonyl (C=O) groups excluding carboxylic acids is 1. The van der Waals surface area contributed by atoms with Crippen LogP contribution in [-0.4, -0.2) is 17.6 Å². The van der Waals surface area contributed by atoms with Gasteiger partial charge in [-0.1, -0.05) is 12.2 Å². The predicted molar refractivity (Wildman–Crippen MR) is 68.4 cm³/mol. The third-order valence-electron chi connectivity index (χ3n) is 3.10. The molecule has 3 heteroatoms. The largest absolute Gasteiger partial charge is 0.508 e. The van der Waals surface area contributed by atoms with Crippen LogP contribution in [0, 0.1) is 0 Å². The summed E-state index contributed by atoms with van der Waals surface area (Å²) in [7, 11) is 0. The third kappa shape index (κ3) is 1.93. The van der Waals surface area contributed by atoms with E-state index in [1.165, 1.54) is 0 Å². The van der Waals surface area contributed by atoms with Crippen molar-refractivity contribution in [3.63, 3.8) is 0 Å². The van der Waals surface area contributed by atoms with Gasteiger partial charge in [0.15, 0.2) is 0 Å². The summed E-state index contributed by atoms with van der Waals surface area (Å²) in [6, 6.07) is 3.49. The number of likely N-dealkylation sites (N-methyl/N-ethyl adjacent to an activating group) is 1. The van der Waals surface area contributed by atoms with Gasteiger partial charge in [0.25, 0.3) is 0 Å². The van der Waals surface area contributed by atoms with Crippen LogP contribution in [0.1, 0.15) is 25.0 Å². The molecule has 0 aliphatic carbocycles. The number of amides is 1. The number of carbonyl (C=O) groups is 1. The number of phenols is 1. The first-order chi connectivity index (χ1) is 8.04. The molecule has 0 spiro atoms. The van der Waals surface area contributed by atoms with Crippen molar-refractivity contribution in [3.05, 3.63) is 35.4 Å². The van der Waals surface area contributed by atoms with Gasteiger partial charge in [0, 0.05) is 17.8 Å². The summed E-state index contributed by atoms with van der Waals surface area (Å²) in [5.41, 5.74) is 3.72. The molecular weight excluding hydrogens is 214 g/mol. The van der Waals surface area contributed by atoms with E-state index in [2.05, 4.69) is 6.58 Å². The maximum atomic E-state index is 11.8. The Labute approximate surface area is 101 Å². The number of aromatic hydroxyl groups is 1. The van der Waals surface area contributed by atoms with E-state index in [0.29, 0.717) is 19.4 Å². The Kier molecular flexibility index (Phi) is 2.92. The number of fused-ring (bicyclic) bond motifs is 1. The summed E-state index contributed by atoms with van der Waals surface area (Å²) in [5.74, 6) is 0.369. The maximum Gasteiger partial charge on any atom is 0.231 e. The standard InChI is InChI=1S/C14H17NO2/c1-4-15-12-5-6-13(16)11(7-9(2)3)10(12)8-14(15)17/h5-6,16H,2,4,7-8H2,1,3H3. The van der Waals surface area contributed by atoms with Crippen LogP contribution in [0.2, 0.25) is 0 Å². The number of anilines is 1. The number of benzene rings is 1. The molecule has 1 aliphatic rings. The molecule has 1 aliphatic heterocycles. The van der Waals surface area contributed by atoms with Gasteiger partial charge in [0.2, 0.25) is 5.91 Å². The molecule has 1 aromatic carbocycles. The Morgan fingerprint density at radius 2 is 2.24 bits per heavy atom. The van der Waals surface area contributed by atoms with Crippen molar-refractivity contribution in [2.75, 3.05) is 11.4 Å². The molecule has 0 fully saturated rings. The highest BCUT2D eigenvalue weighted by Gasteiger charge is 2.29. The van der Waals surface area contributed by atoms with Crippen LogP contribution >= 0.6 is 0 Å². The highest BCUT2D eigenvalue weighted by molar-refractivity contribution is 6.02. The third-order valence-corrected chi connectivity index (χ3v) is 3.10. The van der Waals surface area contributed by atoms with Crippen molar-refractivity contribution in [3.8, 4) is 5.75 Å². The molecule has 0 atom stereocenters. The minimum absolute atomic E-state index is 0.107. The fraction of sp³-hybridized carbons (Fsp3) is 0.357. The molecule has 17 heavy (non-hydrogen) atoms. The maximum absolute atomic E-state index is 11.8. The van der Waals surface area contributed by atoms with Crippen LogP contribution in [0.15, 0.2) is 24.3 Å². The molecule has 0 saturated carbocycles. The minimum atomic E-state index is 0.107. The van der Waals surface area contributed by atoms with Crippen molar-refractivity contribution >= 4 is 11.6 Å². The van der Waals surface area contributed by atoms with E-state index in [-0.39, 0.29) is 11.7 Å². The summed E-state index contributed by atoms with van der Waals surface area (Å²) in [6.07, 6.45) is 1.01. The second-order valence-electron chi connectivity index (χ2n) is 4.51. The molecule has 0 radical (unpaired) electrons. The molecule has 0 bridgehead atoms. The second kappa shape index (κ2) is 4.24. The van der Waals surface area contributed by atoms with Crippen molar-refractivity contribution in [2.24, 2.45) is 0 Å². The number of hydrogen-bond donors (Lipinski definition) is 1. The first kappa shape index (κ1) is 11.7. The molecule has 1 amide bonds. The van der Waals surface area contributed by atoms with E-state index in [1.807, 2.05) is 19.9 Å². The molecule has 3 nitrogen and oxygen atoms in total. The van der Waals surface area contributed by atoms with Gasteiger partial charge in [-0.05, 0) is 38.0 Å². The summed E-state index contributed by atoms with van der Waals surface area (Å²) >= 11 is 0. The van der Waals surface area contributed by atoms with Gasteiger partial charge in [-0.2, -0.15) is 0 Å². The molecule has 2 rings (SSSR count). The summed E-state index contributed by atoms with van der Waals surface area (Å²) in [4.78, 5) is 13.6. The average Bonchev–Trinajstić information content (AvgIpc) is 2.58. The van der Waals surface area contributed by atoms with Crippen molar-refractivity contribution in [1.82, 2.24) is 0 Å². The highest BCUT2D eigenvalue weighted by Crippen LogP contribution is 2.36. The fourth-order valence-electron chi connectivity index (χ4n) is 2.35. The van der Waals surface area contributed by atoms with Crippen molar-refractivity contribution in [1.29, 1.82) is 0 Å². The van der Waals surface area contributed by atoms with Gasteiger partial charge >= 0.3 is 0 Å². The molecular formula is C14H17NO2. The minimum Gasteiger partial charge on any atom is -0.508 e. The lowest BCUT2D eigenvalue weighted by molar-refractivity contribution is -0.117. The SMILES string of the molecule is C=C(C)Cc1c(O)ccc2c1CC(=O)N2CC. The van der Waals surface area contributed by atoms with Crippen LogP contribution in [0.3, 0.4) is 0 Å². The topological polar surface area (TPSA) is 40.5 Å². The van der Waals surface area contributed by atoms with E-state index < -0.39 is 0 Å². The van der Waals surface area contributed by atoms with E-state index >= 15 is 0 Å². The normalized spacial score (nSPS) is 14.0. The summed E-state index contributed by atoms with van der Waals surface area (Å²) < 4.78 is 0. The number of rotatable bonds is 3. The van der Waals surface area contributed by atoms with Gasteiger partial charge < -0.3 is 10.0 Å². The summed E-state index contributed by atoms with van der Waals surface area (Å²) in [5, 5.41) is 9.90. The lowest BCUT2D eigenvalue weighted by atomic mass is 9.98. The molecule has 0 aromatic heterocycles. The van der Waals surface area contributed by atoms with Gasteiger partial charge in [-0.3, -0.25) is 4.79 Å². The number of phenolic OH excluding ortho intramolecular Hbond substituents is 1. The lowest BCUT2D eigenvalue weighted by Gasteiger charge is -2.16. The smallest absolute Gasteiger partial charge is 0.231 e. The van der Waals surface area contributed by atoms with Crippen molar-refractivity contribution in [2.45, 2.75) is 26.7 Å². The Morgan fingerprint density at radius 1 is 1.53 bits per heavy atom. The molecule has 1 heterocycles. The van der Waals surface area contributed by atoms with Gasteiger partial charge in [0.1, 0.15) is 5.75 Å². The molecule has 0 saturated heterocycles. The Morgan fingerprint density at radius 3 is 2.82 bits per heavy atom. The quantitative estimate of drug-likeness (QED) is 0.812. The number of hydrogen-bond acceptors (Lipinski definition) is 2. The van der Waals surface area contributed by atoms with E-state index in [9.17, 15) is 9.90 Å². The zero-order valence-electron chi connectivity index (χ0n) is 10.3. The molecule has 90 valence electrons. The summed E-state index contributed by atoms with van der Waals surface area (Å²) in [6.45, 7) is 8.42. The lowest BCUT2D eigenvalue weighted by Crippen LogP contribution is -2.25. The van der Waals surface area contributed by atoms with Crippen LogP contribution < -0.4 is 4.90 Å². The van der Waals surface area contributed by atoms with Crippen LogP contribution in [0.4, 0.5) is 5.69 Å². The van der Waals surface area contributed by atoms with E-state index in [4.69, 9.17) is 0 Å². The number of allylic oxidation sites excluding steroid dienone is 1. The van der Waals surface area contributed by atoms with Gasteiger partial charge in [-0.15, -0.1) is 0 Å². The highest BCUT2D eigenvalue weighted by atomic mass is 16.3. The monoisotopic (exact) mass is 231 g/mol. The first-order valence-corrected chi connectivity index (χ1v) is 5.83. The zero-order valence-corrected chi connectivity index (χ0v) is 10.3. The zero-order chi connectivity index (χ0) is 12.6. The predicted octanol–water partition coefficient (Wildman–Crippen LogP) is 2.42. The Bertz CT molecular complexity index is 491. The Hall–Kier alpha value is -1.77. The van der Waals surface area contributed by atoms with E-state index in [1.54, 1.807) is 11.0 Å². The van der Waals surface area contributed by atoms with Gasteiger partial charge in [0.05, 0.1) is 6.42 Å². The fourth-order valence-corrected chi connectivity index (χ4v) is 2.35. The van der Waals surface area contributed by atoms with E-state index in [0.717, 1.165) is 22.4 Å². The Balaban J connectivity index is 2.52. The number of nitrogens with zero attached hydrogens (tertiary/aromatic N) is 1. The molecule has 0 unspecified atom stereocenters. The van der Waals surface area contributed by atoms with Crippen molar-refractivity contribution < 1.29 is 9.90 Å². The van der Waals surface area contributed by atoms with Crippen LogP contribution in [0.25, 0.3) is 0 Å². The average molecular weight is 231 g/mol. The first-order valence-electron chi connectivity index (χ1n) is 5.83. The van der Waals surface area contributed by atoms with Crippen LogP contribution in [0.5, 0.6) is 5.75 Å².